The molecule has 2 aromatic heterocycles. The Kier molecular flexibility index (Phi) is 12.5. The van der Waals surface area contributed by atoms with E-state index in [2.05, 4.69) is 20.7 Å². The smallest absolute Gasteiger partial charge is 0.484 e. The second-order valence-corrected chi connectivity index (χ2v) is 11.8. The molecule has 3 aromatic rings. The van der Waals surface area contributed by atoms with Crippen molar-refractivity contribution in [3.63, 3.8) is 0 Å². The third-order valence-corrected chi connectivity index (χ3v) is 8.26. The van der Waals surface area contributed by atoms with Crippen molar-refractivity contribution in [1.82, 2.24) is 40.1 Å². The number of amides is 6. The summed E-state index contributed by atoms with van der Waals surface area (Å²) in [5.74, 6) is -6.22. The number of imide groups is 2. The number of fused-ring (bicyclic) bond motifs is 2. The summed E-state index contributed by atoms with van der Waals surface area (Å²) >= 11 is 0. The Hall–Kier alpha value is -5.96. The Morgan fingerprint density at radius 2 is 1.75 bits per heavy atom. The Balaban J connectivity index is 0.000000815. The number of aryl methyl sites for hydroxylation is 1. The standard InChI is InChI=1S/C30H34N8O8.C2HF3O2/c1-31-28(43)25(17-12-18-15-33-36(3)26(18)32-14-17)37(9-8-35(2)10-11-39)24(41)16-46-19-4-5-20-21(13-19)30(45)38(29(20)44)22-6-7-23(40)34-27(22)42;3-2(4,5)1(6)7/h4-5,12-15,22,25,39H,6-11,16H2,1-3H3,(H,31,43)(H,34,40,42);(H,6,7). The van der Waals surface area contributed by atoms with Crippen molar-refractivity contribution in [3.05, 3.63) is 53.3 Å². The lowest BCUT2D eigenvalue weighted by atomic mass is 10.0. The molecular formula is C32H35F3N8O10. The minimum Gasteiger partial charge on any atom is -0.484 e. The van der Waals surface area contributed by atoms with E-state index in [0.29, 0.717) is 29.7 Å². The number of carbonyl (C=O) groups excluding carboxylic acids is 6. The van der Waals surface area contributed by atoms with Crippen LogP contribution in [0.15, 0.2) is 36.7 Å². The molecule has 0 saturated carbocycles. The topological polar surface area (TPSA) is 234 Å². The number of hydrogen-bond acceptors (Lipinski definition) is 12. The summed E-state index contributed by atoms with van der Waals surface area (Å²) in [4.78, 5) is 94.6. The number of carboxylic acid groups (broad SMARTS) is 1. The second kappa shape index (κ2) is 16.6. The zero-order valence-corrected chi connectivity index (χ0v) is 28.5. The fraction of sp³-hybridized carbons (Fsp3) is 0.406. The number of aliphatic hydroxyl groups excluding tert-OH is 1. The SMILES string of the molecule is CNC(=O)C(c1cnc2c(cnn2C)c1)N(CCN(C)CCO)C(=O)COc1ccc2c(c1)C(=O)N(C1CCC(=O)NC1=O)C2=O.O=C(O)C(F)(F)F. The monoisotopic (exact) mass is 748 g/mol. The van der Waals surface area contributed by atoms with Crippen LogP contribution in [0.25, 0.3) is 11.0 Å². The summed E-state index contributed by atoms with van der Waals surface area (Å²) in [5, 5.41) is 26.1. The highest BCUT2D eigenvalue weighted by Crippen LogP contribution is 2.31. The molecule has 2 aliphatic rings. The maximum absolute atomic E-state index is 13.8. The van der Waals surface area contributed by atoms with Gasteiger partial charge in [-0.3, -0.25) is 43.7 Å². The highest BCUT2D eigenvalue weighted by Gasteiger charge is 2.45. The molecule has 1 saturated heterocycles. The van der Waals surface area contributed by atoms with Crippen molar-refractivity contribution in [2.24, 2.45) is 7.05 Å². The number of rotatable bonds is 12. The lowest BCUT2D eigenvalue weighted by Crippen LogP contribution is -2.54. The Labute approximate surface area is 298 Å². The van der Waals surface area contributed by atoms with Gasteiger partial charge in [0, 0.05) is 57.3 Å². The summed E-state index contributed by atoms with van der Waals surface area (Å²) in [6.45, 7) is 0.171. The van der Waals surface area contributed by atoms with Gasteiger partial charge in [0.15, 0.2) is 12.3 Å². The van der Waals surface area contributed by atoms with Crippen LogP contribution in [0, 0.1) is 0 Å². The van der Waals surface area contributed by atoms with E-state index in [0.717, 1.165) is 4.90 Å². The van der Waals surface area contributed by atoms with Crippen LogP contribution in [0.5, 0.6) is 5.75 Å². The molecule has 2 aliphatic heterocycles. The van der Waals surface area contributed by atoms with Crippen LogP contribution in [0.4, 0.5) is 13.2 Å². The number of alkyl halides is 3. The second-order valence-electron chi connectivity index (χ2n) is 11.8. The molecule has 5 rings (SSSR count). The zero-order chi connectivity index (χ0) is 39.2. The number of halogens is 3. The van der Waals surface area contributed by atoms with Gasteiger partial charge in [-0.05, 0) is 37.7 Å². The third-order valence-electron chi connectivity index (χ3n) is 8.26. The van der Waals surface area contributed by atoms with E-state index in [1.807, 2.05) is 4.90 Å². The number of ether oxygens (including phenoxy) is 1. The summed E-state index contributed by atoms with van der Waals surface area (Å²) < 4.78 is 39.1. The Bertz CT molecular complexity index is 1930. The van der Waals surface area contributed by atoms with E-state index in [9.17, 15) is 47.0 Å². The third kappa shape index (κ3) is 9.10. The Morgan fingerprint density at radius 1 is 1.08 bits per heavy atom. The van der Waals surface area contributed by atoms with Gasteiger partial charge in [-0.1, -0.05) is 0 Å². The van der Waals surface area contributed by atoms with Crippen LogP contribution in [-0.4, -0.2) is 140 Å². The summed E-state index contributed by atoms with van der Waals surface area (Å²) in [6, 6.07) is 3.68. The number of nitrogens with zero attached hydrogens (tertiary/aromatic N) is 6. The first-order valence-corrected chi connectivity index (χ1v) is 15.8. The lowest BCUT2D eigenvalue weighted by molar-refractivity contribution is -0.192. The van der Waals surface area contributed by atoms with Crippen molar-refractivity contribution in [3.8, 4) is 5.75 Å². The van der Waals surface area contributed by atoms with Gasteiger partial charge in [0.2, 0.25) is 17.7 Å². The van der Waals surface area contributed by atoms with Gasteiger partial charge >= 0.3 is 12.1 Å². The molecule has 4 heterocycles. The number of likely N-dealkylation sites (N-methyl/N-ethyl adjacent to an activating group) is 2. The van der Waals surface area contributed by atoms with E-state index >= 15 is 0 Å². The number of pyridine rings is 1. The quantitative estimate of drug-likeness (QED) is 0.173. The summed E-state index contributed by atoms with van der Waals surface area (Å²) in [6.07, 6.45) is -1.94. The first-order valence-electron chi connectivity index (χ1n) is 15.8. The van der Waals surface area contributed by atoms with Gasteiger partial charge in [0.05, 0.1) is 23.9 Å². The molecule has 21 heteroatoms. The number of aromatic nitrogens is 3. The minimum absolute atomic E-state index is 0.00113. The molecule has 1 aromatic carbocycles. The van der Waals surface area contributed by atoms with Crippen molar-refractivity contribution in [2.45, 2.75) is 31.1 Å². The molecule has 0 radical (unpaired) electrons. The van der Waals surface area contributed by atoms with Gasteiger partial charge in [0.1, 0.15) is 17.8 Å². The predicted molar refractivity (Wildman–Crippen MR) is 174 cm³/mol. The summed E-state index contributed by atoms with van der Waals surface area (Å²) in [7, 11) is 4.97. The first kappa shape index (κ1) is 39.8. The van der Waals surface area contributed by atoms with Gasteiger partial charge in [0.25, 0.3) is 17.7 Å². The van der Waals surface area contributed by atoms with Gasteiger partial charge in [-0.15, -0.1) is 0 Å². The highest BCUT2D eigenvalue weighted by molar-refractivity contribution is 6.23. The molecule has 2 atom stereocenters. The number of benzene rings is 1. The molecule has 1 fully saturated rings. The van der Waals surface area contributed by atoms with E-state index < -0.39 is 66.3 Å². The largest absolute Gasteiger partial charge is 0.490 e. The van der Waals surface area contributed by atoms with Gasteiger partial charge in [-0.2, -0.15) is 18.3 Å². The number of carbonyl (C=O) groups is 7. The van der Waals surface area contributed by atoms with Crippen LogP contribution in [0.2, 0.25) is 0 Å². The van der Waals surface area contributed by atoms with Crippen LogP contribution in [-0.2, 0) is 31.0 Å². The van der Waals surface area contributed by atoms with Gasteiger partial charge in [-0.25, -0.2) is 9.78 Å². The fourth-order valence-corrected chi connectivity index (χ4v) is 5.55. The van der Waals surface area contributed by atoms with Crippen molar-refractivity contribution < 1.29 is 61.7 Å². The lowest BCUT2D eigenvalue weighted by Gasteiger charge is -2.32. The van der Waals surface area contributed by atoms with E-state index in [1.165, 1.54) is 36.3 Å². The molecule has 6 amide bonds. The average molecular weight is 749 g/mol. The van der Waals surface area contributed by atoms with E-state index in [1.54, 1.807) is 31.0 Å². The molecule has 53 heavy (non-hydrogen) atoms. The summed E-state index contributed by atoms with van der Waals surface area (Å²) in [5.41, 5.74) is 1.12. The predicted octanol–water partition coefficient (Wildman–Crippen LogP) is -0.378. The molecule has 2 unspecified atom stereocenters. The van der Waals surface area contributed by atoms with Crippen LogP contribution in [0.1, 0.15) is 45.2 Å². The maximum Gasteiger partial charge on any atom is 0.490 e. The molecule has 4 N–H and O–H groups in total. The van der Waals surface area contributed by atoms with E-state index in [-0.39, 0.29) is 42.9 Å². The minimum atomic E-state index is -5.08. The van der Waals surface area contributed by atoms with Crippen LogP contribution >= 0.6 is 0 Å². The highest BCUT2D eigenvalue weighted by atomic mass is 19.4. The van der Waals surface area contributed by atoms with Crippen molar-refractivity contribution >= 4 is 52.4 Å². The number of aliphatic carboxylic acids is 1. The first-order chi connectivity index (χ1) is 25.0. The van der Waals surface area contributed by atoms with Crippen LogP contribution < -0.4 is 15.4 Å². The zero-order valence-electron chi connectivity index (χ0n) is 28.5. The number of aliphatic hydroxyl groups is 1. The Morgan fingerprint density at radius 3 is 2.38 bits per heavy atom. The normalized spacial score (nSPS) is 16.2. The van der Waals surface area contributed by atoms with Crippen molar-refractivity contribution in [2.75, 3.05) is 46.9 Å². The molecule has 0 bridgehead atoms. The van der Waals surface area contributed by atoms with E-state index in [4.69, 9.17) is 14.6 Å². The molecule has 0 aliphatic carbocycles. The number of hydrogen-bond donors (Lipinski definition) is 4. The van der Waals surface area contributed by atoms with Crippen molar-refractivity contribution in [1.29, 1.82) is 0 Å². The van der Waals surface area contributed by atoms with Crippen LogP contribution in [0.3, 0.4) is 0 Å². The van der Waals surface area contributed by atoms with Gasteiger partial charge < -0.3 is 30.1 Å². The average Bonchev–Trinajstić information content (AvgIpc) is 3.59. The molecule has 18 nitrogen and oxygen atoms in total. The maximum atomic E-state index is 13.8. The fourth-order valence-electron chi connectivity index (χ4n) is 5.55. The number of piperidine rings is 1. The number of nitrogens with one attached hydrogen (secondary N) is 2. The molecular weight excluding hydrogens is 713 g/mol. The molecule has 0 spiro atoms. The molecule has 284 valence electrons. The number of carboxylic acids is 1.